The van der Waals surface area contributed by atoms with E-state index in [9.17, 15) is 4.79 Å². The second-order valence-electron chi connectivity index (χ2n) is 5.92. The SMILES string of the molecule is CSc1nc(C)cc(N2CCCC(NC(=O)C3CC3)C2)n1. The Labute approximate surface area is 129 Å². The Kier molecular flexibility index (Phi) is 4.33. The average molecular weight is 306 g/mol. The minimum atomic E-state index is 0.241. The van der Waals surface area contributed by atoms with Gasteiger partial charge in [0, 0.05) is 36.8 Å². The summed E-state index contributed by atoms with van der Waals surface area (Å²) < 4.78 is 0. The molecule has 1 aromatic heterocycles. The third-order valence-electron chi connectivity index (χ3n) is 4.04. The van der Waals surface area contributed by atoms with E-state index in [0.717, 1.165) is 55.4 Å². The molecule has 0 radical (unpaired) electrons. The molecular weight excluding hydrogens is 284 g/mol. The van der Waals surface area contributed by atoms with Gasteiger partial charge in [-0.15, -0.1) is 0 Å². The number of nitrogens with zero attached hydrogens (tertiary/aromatic N) is 3. The van der Waals surface area contributed by atoms with Crippen LogP contribution in [-0.4, -0.2) is 41.3 Å². The molecule has 6 heteroatoms. The van der Waals surface area contributed by atoms with Crippen LogP contribution in [0.25, 0.3) is 0 Å². The van der Waals surface area contributed by atoms with Crippen molar-refractivity contribution in [2.24, 2.45) is 5.92 Å². The van der Waals surface area contributed by atoms with E-state index in [0.29, 0.717) is 0 Å². The molecule has 1 aliphatic heterocycles. The Morgan fingerprint density at radius 1 is 1.38 bits per heavy atom. The number of hydrogen-bond acceptors (Lipinski definition) is 5. The molecule has 21 heavy (non-hydrogen) atoms. The first-order valence-corrected chi connectivity index (χ1v) is 8.83. The van der Waals surface area contributed by atoms with E-state index >= 15 is 0 Å². The van der Waals surface area contributed by atoms with E-state index in [1.54, 1.807) is 11.8 Å². The van der Waals surface area contributed by atoms with Crippen LogP contribution >= 0.6 is 11.8 Å². The van der Waals surface area contributed by atoms with Crippen LogP contribution in [0.3, 0.4) is 0 Å². The van der Waals surface area contributed by atoms with E-state index in [2.05, 4.69) is 20.2 Å². The summed E-state index contributed by atoms with van der Waals surface area (Å²) in [5, 5.41) is 4.01. The Balaban J connectivity index is 1.67. The lowest BCUT2D eigenvalue weighted by Crippen LogP contribution is -2.48. The quantitative estimate of drug-likeness (QED) is 0.681. The molecule has 2 heterocycles. The summed E-state index contributed by atoms with van der Waals surface area (Å²) in [4.78, 5) is 23.2. The molecule has 2 aliphatic rings. The number of aryl methyl sites for hydroxylation is 1. The second-order valence-corrected chi connectivity index (χ2v) is 6.70. The fourth-order valence-corrected chi connectivity index (χ4v) is 3.17. The monoisotopic (exact) mass is 306 g/mol. The normalized spacial score (nSPS) is 22.2. The van der Waals surface area contributed by atoms with Gasteiger partial charge in [0.1, 0.15) is 5.82 Å². The summed E-state index contributed by atoms with van der Waals surface area (Å²) in [6.45, 7) is 3.85. The van der Waals surface area contributed by atoms with Crippen LogP contribution in [0.5, 0.6) is 0 Å². The van der Waals surface area contributed by atoms with Crippen molar-refractivity contribution in [1.29, 1.82) is 0 Å². The fourth-order valence-electron chi connectivity index (χ4n) is 2.75. The van der Waals surface area contributed by atoms with Crippen molar-refractivity contribution in [1.82, 2.24) is 15.3 Å². The van der Waals surface area contributed by atoms with Gasteiger partial charge in [-0.1, -0.05) is 11.8 Å². The van der Waals surface area contributed by atoms with Crippen molar-refractivity contribution in [3.05, 3.63) is 11.8 Å². The van der Waals surface area contributed by atoms with Gasteiger partial charge < -0.3 is 10.2 Å². The summed E-state index contributed by atoms with van der Waals surface area (Å²) in [5.41, 5.74) is 0.994. The van der Waals surface area contributed by atoms with Gasteiger partial charge in [-0.3, -0.25) is 4.79 Å². The summed E-state index contributed by atoms with van der Waals surface area (Å²) in [6.07, 6.45) is 6.27. The number of carbonyl (C=O) groups excluding carboxylic acids is 1. The lowest BCUT2D eigenvalue weighted by molar-refractivity contribution is -0.123. The molecule has 5 nitrogen and oxygen atoms in total. The first-order chi connectivity index (χ1) is 10.2. The number of rotatable bonds is 4. The number of amides is 1. The summed E-state index contributed by atoms with van der Waals surface area (Å²) in [6, 6.07) is 2.28. The van der Waals surface area contributed by atoms with E-state index in [1.807, 2.05) is 19.2 Å². The minimum Gasteiger partial charge on any atom is -0.354 e. The first kappa shape index (κ1) is 14.6. The molecule has 1 atom stereocenters. The van der Waals surface area contributed by atoms with Crippen LogP contribution < -0.4 is 10.2 Å². The molecule has 0 bridgehead atoms. The van der Waals surface area contributed by atoms with Crippen molar-refractivity contribution in [3.8, 4) is 0 Å². The van der Waals surface area contributed by atoms with E-state index < -0.39 is 0 Å². The lowest BCUT2D eigenvalue weighted by Gasteiger charge is -2.34. The average Bonchev–Trinajstić information content (AvgIpc) is 3.31. The third kappa shape index (κ3) is 3.67. The number of hydrogen-bond donors (Lipinski definition) is 1. The van der Waals surface area contributed by atoms with Crippen LogP contribution in [0.1, 0.15) is 31.4 Å². The van der Waals surface area contributed by atoms with Gasteiger partial charge in [-0.25, -0.2) is 9.97 Å². The molecular formula is C15H22N4OS. The first-order valence-electron chi connectivity index (χ1n) is 7.60. The summed E-state index contributed by atoms with van der Waals surface area (Å²) >= 11 is 1.57. The van der Waals surface area contributed by atoms with Gasteiger partial charge in [-0.05, 0) is 38.9 Å². The highest BCUT2D eigenvalue weighted by Gasteiger charge is 2.32. The second kappa shape index (κ2) is 6.22. The maximum absolute atomic E-state index is 11.9. The zero-order valence-electron chi connectivity index (χ0n) is 12.6. The van der Waals surface area contributed by atoms with E-state index in [-0.39, 0.29) is 17.9 Å². The molecule has 1 N–H and O–H groups in total. The number of nitrogens with one attached hydrogen (secondary N) is 1. The molecule has 1 saturated heterocycles. The highest BCUT2D eigenvalue weighted by molar-refractivity contribution is 7.98. The molecule has 1 aromatic rings. The van der Waals surface area contributed by atoms with Gasteiger partial charge in [0.25, 0.3) is 0 Å². The van der Waals surface area contributed by atoms with Gasteiger partial charge >= 0.3 is 0 Å². The number of anilines is 1. The molecule has 1 saturated carbocycles. The maximum atomic E-state index is 11.9. The minimum absolute atomic E-state index is 0.241. The number of thioether (sulfide) groups is 1. The Bertz CT molecular complexity index is 532. The van der Waals surface area contributed by atoms with Gasteiger partial charge in [-0.2, -0.15) is 0 Å². The molecule has 1 amide bonds. The highest BCUT2D eigenvalue weighted by atomic mass is 32.2. The molecule has 0 aromatic carbocycles. The van der Waals surface area contributed by atoms with Crippen molar-refractivity contribution in [3.63, 3.8) is 0 Å². The van der Waals surface area contributed by atoms with Crippen LogP contribution in [0.4, 0.5) is 5.82 Å². The molecule has 1 unspecified atom stereocenters. The van der Waals surface area contributed by atoms with Gasteiger partial charge in [0.2, 0.25) is 5.91 Å². The van der Waals surface area contributed by atoms with Crippen LogP contribution in [0.2, 0.25) is 0 Å². The van der Waals surface area contributed by atoms with Crippen molar-refractivity contribution in [2.75, 3.05) is 24.2 Å². The zero-order valence-corrected chi connectivity index (χ0v) is 13.4. The smallest absolute Gasteiger partial charge is 0.223 e. The number of piperidine rings is 1. The van der Waals surface area contributed by atoms with Gasteiger partial charge in [0.05, 0.1) is 0 Å². The standard InChI is InChI=1S/C15H22N4OS/c1-10-8-13(18-15(16-10)21-2)19-7-3-4-12(9-19)17-14(20)11-5-6-11/h8,11-12H,3-7,9H2,1-2H3,(H,17,20). The van der Waals surface area contributed by atoms with Crippen molar-refractivity contribution < 1.29 is 4.79 Å². The fraction of sp³-hybridized carbons (Fsp3) is 0.667. The molecule has 2 fully saturated rings. The van der Waals surface area contributed by atoms with Crippen molar-refractivity contribution >= 4 is 23.5 Å². The summed E-state index contributed by atoms with van der Waals surface area (Å²) in [7, 11) is 0. The molecule has 1 aliphatic carbocycles. The van der Waals surface area contributed by atoms with E-state index in [4.69, 9.17) is 0 Å². The van der Waals surface area contributed by atoms with Crippen LogP contribution in [0.15, 0.2) is 11.2 Å². The largest absolute Gasteiger partial charge is 0.354 e. The topological polar surface area (TPSA) is 58.1 Å². The van der Waals surface area contributed by atoms with E-state index in [1.165, 1.54) is 0 Å². The molecule has 114 valence electrons. The summed E-state index contributed by atoms with van der Waals surface area (Å²) in [5.74, 6) is 1.51. The van der Waals surface area contributed by atoms with Gasteiger partial charge in [0.15, 0.2) is 5.16 Å². The lowest BCUT2D eigenvalue weighted by atomic mass is 10.1. The predicted octanol–water partition coefficient (Wildman–Crippen LogP) is 2.00. The Morgan fingerprint density at radius 3 is 2.90 bits per heavy atom. The maximum Gasteiger partial charge on any atom is 0.223 e. The highest BCUT2D eigenvalue weighted by Crippen LogP contribution is 2.29. The third-order valence-corrected chi connectivity index (χ3v) is 4.59. The van der Waals surface area contributed by atoms with Crippen molar-refractivity contribution in [2.45, 2.75) is 43.8 Å². The van der Waals surface area contributed by atoms with Crippen LogP contribution in [-0.2, 0) is 4.79 Å². The number of aromatic nitrogens is 2. The number of carbonyl (C=O) groups is 1. The Morgan fingerprint density at radius 2 is 2.19 bits per heavy atom. The Hall–Kier alpha value is -1.30. The predicted molar refractivity (Wildman–Crippen MR) is 84.7 cm³/mol. The zero-order chi connectivity index (χ0) is 14.8. The molecule has 3 rings (SSSR count). The molecule has 0 spiro atoms. The van der Waals surface area contributed by atoms with Crippen LogP contribution in [0, 0.1) is 12.8 Å².